The molecule has 0 saturated heterocycles. The number of hydrogen-bond donors (Lipinski definition) is 1. The maximum Gasteiger partial charge on any atom is 0.146 e. The number of para-hydroxylation sites is 1. The first-order chi connectivity index (χ1) is 9.99. The summed E-state index contributed by atoms with van der Waals surface area (Å²) in [5, 5.41) is 3.40. The van der Waals surface area contributed by atoms with Crippen molar-refractivity contribution in [2.75, 3.05) is 11.9 Å². The zero-order valence-electron chi connectivity index (χ0n) is 13.2. The zero-order valence-corrected chi connectivity index (χ0v) is 13.2. The van der Waals surface area contributed by atoms with Crippen LogP contribution in [0.1, 0.15) is 25.0 Å². The van der Waals surface area contributed by atoms with Gasteiger partial charge in [0.05, 0.1) is 5.69 Å². The summed E-state index contributed by atoms with van der Waals surface area (Å²) in [6, 6.07) is 13.6. The SMILES string of the molecule is Cc1cc(CNC(C)C)ccc1N(C)c1ccccc1F. The van der Waals surface area contributed by atoms with Crippen LogP contribution < -0.4 is 10.2 Å². The minimum Gasteiger partial charge on any atom is -0.342 e. The predicted octanol–water partition coefficient (Wildman–Crippen LogP) is 4.40. The Bertz CT molecular complexity index is 608. The van der Waals surface area contributed by atoms with Crippen LogP contribution in [0.3, 0.4) is 0 Å². The number of anilines is 2. The number of hydrogen-bond acceptors (Lipinski definition) is 2. The fourth-order valence-corrected chi connectivity index (χ4v) is 2.38. The van der Waals surface area contributed by atoms with E-state index < -0.39 is 0 Å². The van der Waals surface area contributed by atoms with Crippen LogP contribution in [0.2, 0.25) is 0 Å². The van der Waals surface area contributed by atoms with E-state index in [1.54, 1.807) is 12.1 Å². The van der Waals surface area contributed by atoms with Crippen LogP contribution in [0.15, 0.2) is 42.5 Å². The normalized spacial score (nSPS) is 11.0. The maximum atomic E-state index is 13.9. The van der Waals surface area contributed by atoms with E-state index in [-0.39, 0.29) is 5.82 Å². The van der Waals surface area contributed by atoms with Crippen molar-refractivity contribution >= 4 is 11.4 Å². The monoisotopic (exact) mass is 286 g/mol. The van der Waals surface area contributed by atoms with Gasteiger partial charge in [0.25, 0.3) is 0 Å². The number of nitrogens with zero attached hydrogens (tertiary/aromatic N) is 1. The van der Waals surface area contributed by atoms with Crippen molar-refractivity contribution in [3.05, 3.63) is 59.4 Å². The smallest absolute Gasteiger partial charge is 0.146 e. The highest BCUT2D eigenvalue weighted by Crippen LogP contribution is 2.29. The molecular weight excluding hydrogens is 263 g/mol. The first-order valence-electron chi connectivity index (χ1n) is 7.30. The third-order valence-electron chi connectivity index (χ3n) is 3.55. The van der Waals surface area contributed by atoms with Gasteiger partial charge in [-0.2, -0.15) is 0 Å². The van der Waals surface area contributed by atoms with E-state index in [0.717, 1.165) is 17.8 Å². The highest BCUT2D eigenvalue weighted by Gasteiger charge is 2.11. The van der Waals surface area contributed by atoms with E-state index in [2.05, 4.69) is 44.3 Å². The lowest BCUT2D eigenvalue weighted by atomic mass is 10.1. The minimum absolute atomic E-state index is 0.204. The molecule has 0 amide bonds. The van der Waals surface area contributed by atoms with Crippen LogP contribution in [-0.2, 0) is 6.54 Å². The van der Waals surface area contributed by atoms with Gasteiger partial charge in [-0.05, 0) is 36.2 Å². The molecule has 0 aromatic heterocycles. The molecule has 112 valence electrons. The second kappa shape index (κ2) is 6.72. The largest absolute Gasteiger partial charge is 0.342 e. The van der Waals surface area contributed by atoms with Gasteiger partial charge in [-0.3, -0.25) is 0 Å². The average Bonchev–Trinajstić information content (AvgIpc) is 2.45. The molecule has 0 bridgehead atoms. The second-order valence-electron chi connectivity index (χ2n) is 5.67. The molecule has 0 heterocycles. The third kappa shape index (κ3) is 3.82. The lowest BCUT2D eigenvalue weighted by Gasteiger charge is -2.22. The Morgan fingerprint density at radius 3 is 2.43 bits per heavy atom. The Labute approximate surface area is 126 Å². The summed E-state index contributed by atoms with van der Waals surface area (Å²) in [6.45, 7) is 7.17. The summed E-state index contributed by atoms with van der Waals surface area (Å²) in [6.07, 6.45) is 0. The number of rotatable bonds is 5. The van der Waals surface area contributed by atoms with Gasteiger partial charge < -0.3 is 10.2 Å². The van der Waals surface area contributed by atoms with E-state index >= 15 is 0 Å². The van der Waals surface area contributed by atoms with Crippen molar-refractivity contribution in [2.24, 2.45) is 0 Å². The number of halogens is 1. The molecule has 0 aliphatic rings. The quantitative estimate of drug-likeness (QED) is 0.876. The van der Waals surface area contributed by atoms with Crippen LogP contribution in [0.4, 0.5) is 15.8 Å². The highest BCUT2D eigenvalue weighted by molar-refractivity contribution is 5.66. The summed E-state index contributed by atoms with van der Waals surface area (Å²) < 4.78 is 13.9. The van der Waals surface area contributed by atoms with Crippen molar-refractivity contribution < 1.29 is 4.39 Å². The van der Waals surface area contributed by atoms with Gasteiger partial charge in [0, 0.05) is 25.3 Å². The Kier molecular flexibility index (Phi) is 4.97. The molecular formula is C18H23FN2. The van der Waals surface area contributed by atoms with Crippen molar-refractivity contribution in [1.82, 2.24) is 5.32 Å². The van der Waals surface area contributed by atoms with E-state index in [1.807, 2.05) is 18.0 Å². The molecule has 0 aliphatic heterocycles. The summed E-state index contributed by atoms with van der Waals surface area (Å²) in [7, 11) is 1.90. The van der Waals surface area contributed by atoms with E-state index in [1.165, 1.54) is 11.6 Å². The van der Waals surface area contributed by atoms with Crippen LogP contribution in [0.25, 0.3) is 0 Å². The standard InChI is InChI=1S/C18H23FN2/c1-13(2)20-12-15-9-10-17(14(3)11-15)21(4)18-8-6-5-7-16(18)19/h5-11,13,20H,12H2,1-4H3. The maximum absolute atomic E-state index is 13.9. The average molecular weight is 286 g/mol. The van der Waals surface area contributed by atoms with Gasteiger partial charge in [-0.1, -0.05) is 38.1 Å². The molecule has 3 heteroatoms. The summed E-state index contributed by atoms with van der Waals surface area (Å²) >= 11 is 0. The molecule has 0 aliphatic carbocycles. The van der Waals surface area contributed by atoms with E-state index in [0.29, 0.717) is 11.7 Å². The second-order valence-corrected chi connectivity index (χ2v) is 5.67. The molecule has 1 N–H and O–H groups in total. The number of nitrogens with one attached hydrogen (secondary N) is 1. The molecule has 2 aromatic rings. The minimum atomic E-state index is -0.204. The fraction of sp³-hybridized carbons (Fsp3) is 0.333. The fourth-order valence-electron chi connectivity index (χ4n) is 2.38. The molecule has 21 heavy (non-hydrogen) atoms. The van der Waals surface area contributed by atoms with Gasteiger partial charge in [-0.15, -0.1) is 0 Å². The molecule has 0 fully saturated rings. The lowest BCUT2D eigenvalue weighted by molar-refractivity contribution is 0.588. The third-order valence-corrected chi connectivity index (χ3v) is 3.55. The van der Waals surface area contributed by atoms with Crippen LogP contribution >= 0.6 is 0 Å². The molecule has 0 unspecified atom stereocenters. The number of benzene rings is 2. The predicted molar refractivity (Wildman–Crippen MR) is 87.6 cm³/mol. The Hall–Kier alpha value is -1.87. The molecule has 0 atom stereocenters. The van der Waals surface area contributed by atoms with Crippen molar-refractivity contribution in [2.45, 2.75) is 33.4 Å². The van der Waals surface area contributed by atoms with E-state index in [9.17, 15) is 4.39 Å². The first-order valence-corrected chi connectivity index (χ1v) is 7.30. The zero-order chi connectivity index (χ0) is 15.4. The molecule has 0 saturated carbocycles. The van der Waals surface area contributed by atoms with Gasteiger partial charge >= 0.3 is 0 Å². The Balaban J connectivity index is 2.23. The van der Waals surface area contributed by atoms with Crippen LogP contribution in [0, 0.1) is 12.7 Å². The number of aryl methyl sites for hydroxylation is 1. The molecule has 2 rings (SSSR count). The topological polar surface area (TPSA) is 15.3 Å². The van der Waals surface area contributed by atoms with E-state index in [4.69, 9.17) is 0 Å². The van der Waals surface area contributed by atoms with Crippen molar-refractivity contribution in [3.63, 3.8) is 0 Å². The van der Waals surface area contributed by atoms with Gasteiger partial charge in [0.15, 0.2) is 0 Å². The molecule has 2 nitrogen and oxygen atoms in total. The summed E-state index contributed by atoms with van der Waals surface area (Å²) in [4.78, 5) is 1.89. The van der Waals surface area contributed by atoms with Crippen molar-refractivity contribution in [1.29, 1.82) is 0 Å². The van der Waals surface area contributed by atoms with Crippen LogP contribution in [0.5, 0.6) is 0 Å². The van der Waals surface area contributed by atoms with Gasteiger partial charge in [0.1, 0.15) is 5.82 Å². The lowest BCUT2D eigenvalue weighted by Crippen LogP contribution is -2.22. The van der Waals surface area contributed by atoms with Crippen LogP contribution in [-0.4, -0.2) is 13.1 Å². The summed E-state index contributed by atoms with van der Waals surface area (Å²) in [5.74, 6) is -0.204. The van der Waals surface area contributed by atoms with Crippen molar-refractivity contribution in [3.8, 4) is 0 Å². The first kappa shape index (κ1) is 15.5. The molecule has 0 spiro atoms. The molecule has 2 aromatic carbocycles. The summed E-state index contributed by atoms with van der Waals surface area (Å²) in [5.41, 5.74) is 4.00. The highest BCUT2D eigenvalue weighted by atomic mass is 19.1. The molecule has 0 radical (unpaired) electrons. The Morgan fingerprint density at radius 2 is 1.81 bits per heavy atom. The Morgan fingerprint density at radius 1 is 1.10 bits per heavy atom. The van der Waals surface area contributed by atoms with Gasteiger partial charge in [0.2, 0.25) is 0 Å². The van der Waals surface area contributed by atoms with Gasteiger partial charge in [-0.25, -0.2) is 4.39 Å².